The molecule has 0 radical (unpaired) electrons. The van der Waals surface area contributed by atoms with Gasteiger partial charge in [0.1, 0.15) is 13.3 Å². The van der Waals surface area contributed by atoms with Gasteiger partial charge in [0.05, 0.1) is 5.84 Å². The van der Waals surface area contributed by atoms with E-state index in [-0.39, 0.29) is 19.2 Å². The van der Waals surface area contributed by atoms with Crippen LogP contribution < -0.4 is 11.1 Å². The van der Waals surface area contributed by atoms with Crippen LogP contribution >= 0.6 is 0 Å². The zero-order valence-corrected chi connectivity index (χ0v) is 16.9. The normalized spacial score (nSPS) is 10.2. The highest BCUT2D eigenvalue weighted by Crippen LogP contribution is 2.06. The van der Waals surface area contributed by atoms with E-state index in [4.69, 9.17) is 10.8 Å². The summed E-state index contributed by atoms with van der Waals surface area (Å²) in [7, 11) is 0. The van der Waals surface area contributed by atoms with Crippen LogP contribution in [0.2, 0.25) is 0 Å². The second kappa shape index (κ2) is 15.6. The average molecular weight is 372 g/mol. The molecule has 0 saturated carbocycles. The van der Waals surface area contributed by atoms with E-state index in [0.717, 1.165) is 5.92 Å². The molecule has 0 spiro atoms. The minimum Gasteiger partial charge on any atom is -0.388 e. The maximum Gasteiger partial charge on any atom is 0.243 e. The molecule has 0 aliphatic carbocycles. The first-order valence-corrected chi connectivity index (χ1v) is 9.04. The fraction of sp³-hybridized carbons (Fsp3) is 0.364. The summed E-state index contributed by atoms with van der Waals surface area (Å²) >= 11 is 0. The highest BCUT2D eigenvalue weighted by atomic mass is 16.3. The minimum atomic E-state index is -0.363. The van der Waals surface area contributed by atoms with E-state index in [1.165, 1.54) is 17.5 Å². The number of carbonyl (C=O) groups excluding carboxylic acids is 1. The molecule has 0 aliphatic heterocycles. The lowest BCUT2D eigenvalue weighted by Crippen LogP contribution is -2.27. The van der Waals surface area contributed by atoms with Crippen LogP contribution in [-0.4, -0.2) is 30.1 Å². The zero-order valence-electron chi connectivity index (χ0n) is 16.9. The van der Waals surface area contributed by atoms with Gasteiger partial charge < -0.3 is 16.2 Å². The molecule has 0 saturated heterocycles. The van der Waals surface area contributed by atoms with Crippen LogP contribution in [0.25, 0.3) is 0 Å². The number of aryl methyl sites for hydroxylation is 1. The van der Waals surface area contributed by atoms with Gasteiger partial charge in [-0.1, -0.05) is 80.1 Å². The first-order chi connectivity index (χ1) is 12.8. The summed E-state index contributed by atoms with van der Waals surface area (Å²) in [5.41, 5.74) is 7.91. The maximum absolute atomic E-state index is 10.5. The molecule has 0 aliphatic rings. The van der Waals surface area contributed by atoms with Gasteiger partial charge in [-0.25, -0.2) is 0 Å². The van der Waals surface area contributed by atoms with Crippen molar-refractivity contribution in [3.63, 3.8) is 0 Å². The van der Waals surface area contributed by atoms with Gasteiger partial charge >= 0.3 is 0 Å². The highest BCUT2D eigenvalue weighted by molar-refractivity contribution is 5.83. The number of amides is 1. The van der Waals surface area contributed by atoms with Crippen molar-refractivity contribution in [2.75, 3.05) is 13.3 Å². The molecule has 0 atom stereocenters. The van der Waals surface area contributed by atoms with Crippen molar-refractivity contribution in [2.45, 2.75) is 34.1 Å². The largest absolute Gasteiger partial charge is 0.388 e. The summed E-state index contributed by atoms with van der Waals surface area (Å²) in [6.45, 7) is 7.77. The monoisotopic (exact) mass is 371 g/mol. The predicted molar refractivity (Wildman–Crippen MR) is 114 cm³/mol. The zero-order chi connectivity index (χ0) is 20.5. The van der Waals surface area contributed by atoms with Crippen LogP contribution in [0, 0.1) is 12.8 Å². The maximum atomic E-state index is 10.5. The first kappa shape index (κ1) is 24.3. The van der Waals surface area contributed by atoms with Crippen molar-refractivity contribution < 1.29 is 9.90 Å². The van der Waals surface area contributed by atoms with E-state index in [9.17, 15) is 4.79 Å². The molecule has 0 fully saturated rings. The number of aliphatic hydroxyl groups excluding tert-OH is 1. The molecule has 0 heterocycles. The molecular formula is C22H33N3O2. The third-order valence-corrected chi connectivity index (χ3v) is 3.18. The summed E-state index contributed by atoms with van der Waals surface area (Å²) in [6, 6.07) is 20.9. The smallest absolute Gasteiger partial charge is 0.243 e. The van der Waals surface area contributed by atoms with Gasteiger partial charge in [0.2, 0.25) is 5.91 Å². The number of carbonyl (C=O) groups is 1. The van der Waals surface area contributed by atoms with E-state index in [2.05, 4.69) is 73.5 Å². The molecule has 0 aromatic heterocycles. The fourth-order valence-corrected chi connectivity index (χ4v) is 1.96. The van der Waals surface area contributed by atoms with Gasteiger partial charge in [0.15, 0.2) is 0 Å². The van der Waals surface area contributed by atoms with Gasteiger partial charge in [0, 0.05) is 0 Å². The number of benzene rings is 2. The summed E-state index contributed by atoms with van der Waals surface area (Å²) in [5, 5.41) is 10.3. The predicted octanol–water partition coefficient (Wildman–Crippen LogP) is 3.31. The van der Waals surface area contributed by atoms with Crippen LogP contribution in [0.5, 0.6) is 0 Å². The number of hydrogen-bond acceptors (Lipinski definition) is 3. The second-order valence-electron chi connectivity index (χ2n) is 6.45. The van der Waals surface area contributed by atoms with Crippen molar-refractivity contribution in [3.8, 4) is 0 Å². The Morgan fingerprint density at radius 2 is 1.59 bits per heavy atom. The van der Waals surface area contributed by atoms with Crippen LogP contribution in [0.1, 0.15) is 31.9 Å². The molecule has 148 valence electrons. The topological polar surface area (TPSA) is 87.7 Å². The summed E-state index contributed by atoms with van der Waals surface area (Å²) in [5.74, 6) is 0.780. The van der Waals surface area contributed by atoms with E-state index in [1.807, 2.05) is 18.2 Å². The first-order valence-electron chi connectivity index (χ1n) is 9.04. The molecule has 27 heavy (non-hydrogen) atoms. The van der Waals surface area contributed by atoms with E-state index in [0.29, 0.717) is 5.84 Å². The number of hydrogen-bond donors (Lipinski definition) is 3. The number of rotatable bonds is 5. The Kier molecular flexibility index (Phi) is 14.0. The lowest BCUT2D eigenvalue weighted by molar-refractivity contribution is -0.120. The van der Waals surface area contributed by atoms with E-state index < -0.39 is 0 Å². The van der Waals surface area contributed by atoms with Crippen molar-refractivity contribution in [3.05, 3.63) is 71.8 Å². The molecule has 2 rings (SSSR count). The van der Waals surface area contributed by atoms with Gasteiger partial charge in [-0.05, 0) is 31.7 Å². The highest BCUT2D eigenvalue weighted by Gasteiger charge is 1.95. The third-order valence-electron chi connectivity index (χ3n) is 3.18. The lowest BCUT2D eigenvalue weighted by Gasteiger charge is -2.02. The van der Waals surface area contributed by atoms with E-state index in [1.54, 1.807) is 6.92 Å². The lowest BCUT2D eigenvalue weighted by atomic mass is 10.0. The Bertz CT molecular complexity index is 637. The Hall–Kier alpha value is -2.66. The minimum absolute atomic E-state index is 0.0249. The quantitative estimate of drug-likeness (QED) is 0.428. The average Bonchev–Trinajstić information content (AvgIpc) is 2.62. The van der Waals surface area contributed by atoms with Gasteiger partial charge in [-0.3, -0.25) is 9.79 Å². The van der Waals surface area contributed by atoms with Crippen LogP contribution in [0.3, 0.4) is 0 Å². The van der Waals surface area contributed by atoms with Crippen LogP contribution in [0.15, 0.2) is 65.7 Å². The standard InChI is InChI=1S/C10H14.C7H8.C5H11N3O2/c1-9(2)8-10-6-4-3-5-7-10;1-7-5-3-2-4-6-7;1-4(6)7-2-5(10)8-3-9/h3-7,9H,8H2,1-2H3;2-6H,1H3;9H,2-3H2,1H3,(H2,6,7)(H,8,10). The third kappa shape index (κ3) is 16.6. The Morgan fingerprint density at radius 1 is 1.07 bits per heavy atom. The molecule has 5 heteroatoms. The van der Waals surface area contributed by atoms with Crippen molar-refractivity contribution in [1.82, 2.24) is 5.32 Å². The number of nitrogens with zero attached hydrogens (tertiary/aromatic N) is 1. The van der Waals surface area contributed by atoms with Crippen molar-refractivity contribution in [1.29, 1.82) is 0 Å². The van der Waals surface area contributed by atoms with E-state index >= 15 is 0 Å². The summed E-state index contributed by atoms with van der Waals surface area (Å²) < 4.78 is 0. The molecule has 1 amide bonds. The van der Waals surface area contributed by atoms with Gasteiger partial charge in [0.25, 0.3) is 0 Å². The summed E-state index contributed by atoms with van der Waals surface area (Å²) in [6.07, 6.45) is 1.20. The number of aliphatic imine (C=N–C) groups is 1. The van der Waals surface area contributed by atoms with Crippen LogP contribution in [0.4, 0.5) is 0 Å². The second-order valence-corrected chi connectivity index (χ2v) is 6.45. The molecule has 5 nitrogen and oxygen atoms in total. The van der Waals surface area contributed by atoms with Crippen molar-refractivity contribution >= 4 is 11.7 Å². The Morgan fingerprint density at radius 3 is 1.96 bits per heavy atom. The number of nitrogens with two attached hydrogens (primary N) is 1. The van der Waals surface area contributed by atoms with Crippen molar-refractivity contribution in [2.24, 2.45) is 16.6 Å². The number of nitrogens with one attached hydrogen (secondary N) is 1. The molecule has 4 N–H and O–H groups in total. The Balaban J connectivity index is 0.000000382. The molecule has 2 aromatic carbocycles. The molecular weight excluding hydrogens is 338 g/mol. The SMILES string of the molecule is CC(C)Cc1ccccc1.CC(N)=NCC(=O)NCO.Cc1ccccc1. The summed E-state index contributed by atoms with van der Waals surface area (Å²) in [4.78, 5) is 14.1. The molecule has 0 unspecified atom stereocenters. The van der Waals surface area contributed by atoms with Gasteiger partial charge in [-0.15, -0.1) is 0 Å². The van der Waals surface area contributed by atoms with Crippen LogP contribution in [-0.2, 0) is 11.2 Å². The number of aliphatic hydroxyl groups is 1. The molecule has 0 bridgehead atoms. The van der Waals surface area contributed by atoms with Gasteiger partial charge in [-0.2, -0.15) is 0 Å². The molecule has 2 aromatic rings. The fourth-order valence-electron chi connectivity index (χ4n) is 1.96. The Labute approximate surface area is 163 Å². The number of amidine groups is 1.